The summed E-state index contributed by atoms with van der Waals surface area (Å²) in [6.07, 6.45) is 7.87. The lowest BCUT2D eigenvalue weighted by molar-refractivity contribution is 0.208. The van der Waals surface area contributed by atoms with Gasteiger partial charge in [0.1, 0.15) is 23.6 Å². The Morgan fingerprint density at radius 1 is 1.32 bits per heavy atom. The van der Waals surface area contributed by atoms with Crippen LogP contribution in [0.4, 0.5) is 0 Å². The molecule has 0 aliphatic heterocycles. The molecule has 1 aliphatic carbocycles. The lowest BCUT2D eigenvalue weighted by atomic mass is 9.90. The molecule has 1 fully saturated rings. The number of amidine groups is 1. The van der Waals surface area contributed by atoms with E-state index in [9.17, 15) is 0 Å². The SMILES string of the molecule is N=C(N)c1ccc(OCC2CCCCC2)c(-n2cnnn2)c1. The molecule has 1 heterocycles. The summed E-state index contributed by atoms with van der Waals surface area (Å²) in [6.45, 7) is 0.703. The van der Waals surface area contributed by atoms with E-state index in [1.807, 2.05) is 6.07 Å². The number of nitrogens with one attached hydrogen (secondary N) is 1. The van der Waals surface area contributed by atoms with Crippen molar-refractivity contribution in [3.05, 3.63) is 30.1 Å². The second kappa shape index (κ2) is 6.55. The van der Waals surface area contributed by atoms with Gasteiger partial charge in [0.05, 0.1) is 6.61 Å². The fourth-order valence-corrected chi connectivity index (χ4v) is 2.82. The second-order valence-electron chi connectivity index (χ2n) is 5.67. The van der Waals surface area contributed by atoms with Crippen LogP contribution in [0.1, 0.15) is 37.7 Å². The van der Waals surface area contributed by atoms with E-state index in [4.69, 9.17) is 15.9 Å². The van der Waals surface area contributed by atoms with Crippen LogP contribution in [0.15, 0.2) is 24.5 Å². The van der Waals surface area contributed by atoms with E-state index in [2.05, 4.69) is 15.5 Å². The highest BCUT2D eigenvalue weighted by atomic mass is 16.5. The van der Waals surface area contributed by atoms with Crippen molar-refractivity contribution >= 4 is 5.84 Å². The van der Waals surface area contributed by atoms with E-state index < -0.39 is 0 Å². The molecule has 1 aromatic heterocycles. The van der Waals surface area contributed by atoms with Crippen LogP contribution in [0.3, 0.4) is 0 Å². The summed E-state index contributed by atoms with van der Waals surface area (Å²) in [7, 11) is 0. The molecule has 0 amide bonds. The topological polar surface area (TPSA) is 103 Å². The monoisotopic (exact) mass is 300 g/mol. The van der Waals surface area contributed by atoms with Gasteiger partial charge in [-0.2, -0.15) is 4.68 Å². The first-order valence-electron chi connectivity index (χ1n) is 7.58. The Kier molecular flexibility index (Phi) is 4.32. The van der Waals surface area contributed by atoms with E-state index in [0.29, 0.717) is 29.5 Å². The summed E-state index contributed by atoms with van der Waals surface area (Å²) in [4.78, 5) is 0. The van der Waals surface area contributed by atoms with E-state index in [1.54, 1.807) is 12.1 Å². The largest absolute Gasteiger partial charge is 0.491 e. The van der Waals surface area contributed by atoms with Crippen LogP contribution in [0.25, 0.3) is 5.69 Å². The molecule has 7 heteroatoms. The highest BCUT2D eigenvalue weighted by molar-refractivity contribution is 5.95. The molecule has 0 unspecified atom stereocenters. The number of ether oxygens (including phenoxy) is 1. The number of nitrogens with zero attached hydrogens (tertiary/aromatic N) is 4. The molecular weight excluding hydrogens is 280 g/mol. The smallest absolute Gasteiger partial charge is 0.145 e. The molecule has 116 valence electrons. The van der Waals surface area contributed by atoms with Crippen molar-refractivity contribution in [2.24, 2.45) is 11.7 Å². The Morgan fingerprint density at radius 3 is 2.82 bits per heavy atom. The van der Waals surface area contributed by atoms with Gasteiger partial charge in [-0.1, -0.05) is 19.3 Å². The van der Waals surface area contributed by atoms with Crippen molar-refractivity contribution in [1.82, 2.24) is 20.2 Å². The molecule has 1 aromatic carbocycles. The van der Waals surface area contributed by atoms with Crippen molar-refractivity contribution in [2.45, 2.75) is 32.1 Å². The van der Waals surface area contributed by atoms with Gasteiger partial charge in [0.2, 0.25) is 0 Å². The standard InChI is InChI=1S/C15H20N6O/c16-15(17)12-6-7-14(13(8-12)21-10-18-19-20-21)22-9-11-4-2-1-3-5-11/h6-8,10-11H,1-5,9H2,(H3,16,17). The zero-order chi connectivity index (χ0) is 15.4. The van der Waals surface area contributed by atoms with Gasteiger partial charge < -0.3 is 10.5 Å². The van der Waals surface area contributed by atoms with Crippen LogP contribution in [0.2, 0.25) is 0 Å². The van der Waals surface area contributed by atoms with Crippen molar-refractivity contribution in [3.8, 4) is 11.4 Å². The fourth-order valence-electron chi connectivity index (χ4n) is 2.82. The number of benzene rings is 1. The normalized spacial score (nSPS) is 15.6. The maximum atomic E-state index is 7.57. The summed E-state index contributed by atoms with van der Waals surface area (Å²) in [5.41, 5.74) is 6.88. The molecule has 3 rings (SSSR count). The Balaban J connectivity index is 1.81. The minimum Gasteiger partial charge on any atom is -0.491 e. The molecule has 0 saturated heterocycles. The van der Waals surface area contributed by atoms with Crippen LogP contribution in [0.5, 0.6) is 5.75 Å². The summed E-state index contributed by atoms with van der Waals surface area (Å²) < 4.78 is 7.54. The van der Waals surface area contributed by atoms with Crippen molar-refractivity contribution in [2.75, 3.05) is 6.61 Å². The zero-order valence-corrected chi connectivity index (χ0v) is 12.4. The van der Waals surface area contributed by atoms with E-state index in [0.717, 1.165) is 0 Å². The number of aromatic nitrogens is 4. The molecule has 1 aliphatic rings. The summed E-state index contributed by atoms with van der Waals surface area (Å²) in [6, 6.07) is 5.39. The number of nitrogens with two attached hydrogens (primary N) is 1. The van der Waals surface area contributed by atoms with Gasteiger partial charge in [-0.25, -0.2) is 0 Å². The number of tetrazole rings is 1. The third-order valence-electron chi connectivity index (χ3n) is 4.07. The molecule has 0 radical (unpaired) electrons. The Morgan fingerprint density at radius 2 is 2.14 bits per heavy atom. The molecule has 0 atom stereocenters. The van der Waals surface area contributed by atoms with Gasteiger partial charge in [-0.15, -0.1) is 5.10 Å². The van der Waals surface area contributed by atoms with E-state index in [1.165, 1.54) is 43.1 Å². The second-order valence-corrected chi connectivity index (χ2v) is 5.67. The molecule has 22 heavy (non-hydrogen) atoms. The van der Waals surface area contributed by atoms with Gasteiger partial charge in [0.15, 0.2) is 0 Å². The van der Waals surface area contributed by atoms with Crippen LogP contribution >= 0.6 is 0 Å². The summed E-state index contributed by atoms with van der Waals surface area (Å²) in [5, 5.41) is 18.8. The molecule has 0 spiro atoms. The van der Waals surface area contributed by atoms with Crippen LogP contribution in [-0.4, -0.2) is 32.6 Å². The minimum absolute atomic E-state index is 0.00755. The number of rotatable bonds is 5. The van der Waals surface area contributed by atoms with Crippen LogP contribution in [0, 0.1) is 11.3 Å². The highest BCUT2D eigenvalue weighted by Gasteiger charge is 2.16. The van der Waals surface area contributed by atoms with Gasteiger partial charge in [0.25, 0.3) is 0 Å². The van der Waals surface area contributed by atoms with Gasteiger partial charge in [-0.05, 0) is 47.4 Å². The predicted molar refractivity (Wildman–Crippen MR) is 82.2 cm³/mol. The number of nitrogen functional groups attached to an aromatic ring is 1. The first-order chi connectivity index (χ1) is 10.7. The molecule has 2 aromatic rings. The van der Waals surface area contributed by atoms with Crippen LogP contribution < -0.4 is 10.5 Å². The van der Waals surface area contributed by atoms with E-state index in [-0.39, 0.29) is 5.84 Å². The first-order valence-corrected chi connectivity index (χ1v) is 7.58. The average Bonchev–Trinajstić information content (AvgIpc) is 3.08. The quantitative estimate of drug-likeness (QED) is 0.648. The number of hydrogen-bond acceptors (Lipinski definition) is 5. The maximum absolute atomic E-state index is 7.57. The lowest BCUT2D eigenvalue weighted by Crippen LogP contribution is -2.17. The molecular formula is C15H20N6O. The summed E-state index contributed by atoms with van der Waals surface area (Å²) in [5.74, 6) is 1.33. The lowest BCUT2D eigenvalue weighted by Gasteiger charge is -2.22. The van der Waals surface area contributed by atoms with E-state index >= 15 is 0 Å². The molecule has 3 N–H and O–H groups in total. The first kappa shape index (κ1) is 14.5. The molecule has 7 nitrogen and oxygen atoms in total. The van der Waals surface area contributed by atoms with Gasteiger partial charge in [-0.3, -0.25) is 5.41 Å². The Labute approximate surface area is 129 Å². The van der Waals surface area contributed by atoms with Gasteiger partial charge >= 0.3 is 0 Å². The fraction of sp³-hybridized carbons (Fsp3) is 0.467. The highest BCUT2D eigenvalue weighted by Crippen LogP contribution is 2.27. The van der Waals surface area contributed by atoms with Crippen molar-refractivity contribution in [3.63, 3.8) is 0 Å². The van der Waals surface area contributed by atoms with Crippen molar-refractivity contribution < 1.29 is 4.74 Å². The Hall–Kier alpha value is -2.44. The maximum Gasteiger partial charge on any atom is 0.145 e. The molecule has 1 saturated carbocycles. The zero-order valence-electron chi connectivity index (χ0n) is 12.4. The average molecular weight is 300 g/mol. The predicted octanol–water partition coefficient (Wildman–Crippen LogP) is 1.91. The molecule has 0 bridgehead atoms. The van der Waals surface area contributed by atoms with Crippen molar-refractivity contribution in [1.29, 1.82) is 5.41 Å². The summed E-state index contributed by atoms with van der Waals surface area (Å²) >= 11 is 0. The third-order valence-corrected chi connectivity index (χ3v) is 4.07. The third kappa shape index (κ3) is 3.24. The minimum atomic E-state index is 0.00755. The van der Waals surface area contributed by atoms with Crippen LogP contribution in [-0.2, 0) is 0 Å². The van der Waals surface area contributed by atoms with Gasteiger partial charge in [0, 0.05) is 5.56 Å². The number of hydrogen-bond donors (Lipinski definition) is 2. The Bertz CT molecular complexity index is 633.